The minimum Gasteiger partial charge on any atom is -0.485 e. The Hall–Kier alpha value is -3.85. The summed E-state index contributed by atoms with van der Waals surface area (Å²) in [6, 6.07) is 36.4. The van der Waals surface area contributed by atoms with E-state index in [-0.39, 0.29) is 18.0 Å². The van der Waals surface area contributed by atoms with Gasteiger partial charge < -0.3 is 9.47 Å². The van der Waals surface area contributed by atoms with Crippen LogP contribution < -0.4 is 9.47 Å². The van der Waals surface area contributed by atoms with E-state index < -0.39 is 16.5 Å². The van der Waals surface area contributed by atoms with Crippen molar-refractivity contribution < 1.29 is 14.3 Å². The zero-order valence-corrected chi connectivity index (χ0v) is 33.9. The molecule has 6 rings (SSSR count). The number of allylic oxidation sites excluding steroid dienone is 1. The molecule has 0 aromatic heterocycles. The average Bonchev–Trinajstić information content (AvgIpc) is 3.05. The lowest BCUT2D eigenvalue weighted by Gasteiger charge is -2.28. The van der Waals surface area contributed by atoms with Gasteiger partial charge in [-0.3, -0.25) is 14.1 Å². The topological polar surface area (TPSA) is 84.0 Å². The molecule has 2 heterocycles. The fraction of sp³-hybridized carbons (Fsp3) is 0.256. The van der Waals surface area contributed by atoms with Crippen LogP contribution in [0.25, 0.3) is 5.57 Å². The second-order valence-electron chi connectivity index (χ2n) is 13.6. The normalized spacial score (nSPS) is 17.1. The molecule has 2 aliphatic heterocycles. The number of hydrogen-bond acceptors (Lipinski definition) is 6. The first-order valence-corrected chi connectivity index (χ1v) is 24.5. The van der Waals surface area contributed by atoms with Gasteiger partial charge in [0.1, 0.15) is 23.7 Å². The van der Waals surface area contributed by atoms with Crippen LogP contribution in [0.4, 0.5) is 0 Å². The highest BCUT2D eigenvalue weighted by Crippen LogP contribution is 2.42. The van der Waals surface area contributed by atoms with Crippen molar-refractivity contribution in [3.8, 4) is 17.6 Å². The van der Waals surface area contributed by atoms with Crippen LogP contribution in [0.5, 0.6) is 11.5 Å². The van der Waals surface area contributed by atoms with Crippen molar-refractivity contribution in [1.82, 2.24) is 0 Å². The minimum atomic E-state index is -1.31. The summed E-state index contributed by atoms with van der Waals surface area (Å²) in [4.78, 5) is 12.1. The van der Waals surface area contributed by atoms with Crippen LogP contribution >= 0.6 is 31.9 Å². The van der Waals surface area contributed by atoms with E-state index in [4.69, 9.17) is 14.7 Å². The van der Waals surface area contributed by atoms with Crippen molar-refractivity contribution in [2.45, 2.75) is 64.3 Å². The largest absolute Gasteiger partial charge is 0.485 e. The summed E-state index contributed by atoms with van der Waals surface area (Å²) < 4.78 is 22.5. The van der Waals surface area contributed by atoms with Gasteiger partial charge in [-0.05, 0) is 92.4 Å². The highest BCUT2D eigenvalue weighted by molar-refractivity contribution is 9.10. The number of Topliss-reactive ketones (excluding diaryl/α,β-unsaturated/α-hetero) is 1. The number of ether oxygens (including phenoxy) is 2. The first-order valence-electron chi connectivity index (χ1n) is 16.1. The monoisotopic (exact) mass is 813 g/mol. The fourth-order valence-electron chi connectivity index (χ4n) is 4.90. The van der Waals surface area contributed by atoms with Crippen LogP contribution in [0.15, 0.2) is 121 Å². The van der Waals surface area contributed by atoms with Crippen molar-refractivity contribution in [1.29, 1.82) is 5.26 Å². The zero-order chi connectivity index (χ0) is 35.6. The van der Waals surface area contributed by atoms with Gasteiger partial charge in [-0.25, -0.2) is 0 Å². The van der Waals surface area contributed by atoms with Crippen LogP contribution in [-0.4, -0.2) is 28.3 Å². The van der Waals surface area contributed by atoms with Gasteiger partial charge in [0.05, 0.1) is 24.1 Å². The van der Waals surface area contributed by atoms with E-state index in [1.54, 1.807) is 6.08 Å². The molecule has 0 radical (unpaired) electrons. The third-order valence-electron chi connectivity index (χ3n) is 7.20. The number of rotatable bonds is 4. The third kappa shape index (κ3) is 11.9. The molecule has 2 aliphatic rings. The lowest BCUT2D eigenvalue weighted by Crippen LogP contribution is -2.20. The number of nitrogens with zero attached hydrogens (tertiary/aromatic N) is 3. The molecule has 2 atom stereocenters. The summed E-state index contributed by atoms with van der Waals surface area (Å²) in [7, 11) is -2.63. The summed E-state index contributed by atoms with van der Waals surface area (Å²) in [6.07, 6.45) is 2.51. The molecular weight excluding hydrogens is 774 g/mol. The smallest absolute Gasteiger partial charge is 0.186 e. The summed E-state index contributed by atoms with van der Waals surface area (Å²) in [6.45, 7) is 13.1. The molecule has 0 fully saturated rings. The molecule has 252 valence electrons. The first kappa shape index (κ1) is 38.0. The highest BCUT2D eigenvalue weighted by Gasteiger charge is 2.28. The Morgan fingerprint density at radius 3 is 1.61 bits per heavy atom. The van der Waals surface area contributed by atoms with Crippen molar-refractivity contribution >= 4 is 65.7 Å². The van der Waals surface area contributed by atoms with Crippen molar-refractivity contribution in [2.75, 3.05) is 0 Å². The van der Waals surface area contributed by atoms with E-state index in [1.165, 1.54) is 0 Å². The molecule has 0 N–H and O–H groups in total. The van der Waals surface area contributed by atoms with Gasteiger partial charge in [0.15, 0.2) is 22.3 Å². The van der Waals surface area contributed by atoms with E-state index >= 15 is 0 Å². The Balaban J connectivity index is 0.000000173. The second kappa shape index (κ2) is 17.2. The Morgan fingerprint density at radius 1 is 0.694 bits per heavy atom. The van der Waals surface area contributed by atoms with Gasteiger partial charge in [-0.2, -0.15) is 5.26 Å². The number of benzene rings is 4. The second-order valence-corrected chi connectivity index (χ2v) is 24.6. The van der Waals surface area contributed by atoms with E-state index in [9.17, 15) is 4.79 Å². The Labute approximate surface area is 309 Å². The fourth-order valence-corrected chi connectivity index (χ4v) is 6.43. The molecule has 49 heavy (non-hydrogen) atoms. The van der Waals surface area contributed by atoms with E-state index in [1.807, 2.05) is 84.9 Å². The maximum Gasteiger partial charge on any atom is 0.186 e. The number of carbonyl (C=O) groups excluding carboxylic acids is 1. The summed E-state index contributed by atoms with van der Waals surface area (Å²) >= 11 is 6.83. The summed E-state index contributed by atoms with van der Waals surface area (Å²) in [5, 5.41) is 8.99. The van der Waals surface area contributed by atoms with Crippen LogP contribution in [0.1, 0.15) is 52.1 Å². The van der Waals surface area contributed by atoms with Gasteiger partial charge in [0.2, 0.25) is 0 Å². The summed E-state index contributed by atoms with van der Waals surface area (Å²) in [5.74, 6) is 1.63. The molecule has 2 unspecified atom stereocenters. The van der Waals surface area contributed by atoms with E-state index in [0.717, 1.165) is 37.0 Å². The average molecular weight is 816 g/mol. The number of fused-ring (bicyclic) bond motifs is 2. The van der Waals surface area contributed by atoms with Crippen LogP contribution in [-0.2, 0) is 0 Å². The van der Waals surface area contributed by atoms with Gasteiger partial charge in [0, 0.05) is 27.0 Å². The molecule has 0 aliphatic carbocycles. The maximum absolute atomic E-state index is 12.1. The van der Waals surface area contributed by atoms with Crippen LogP contribution in [0.2, 0.25) is 39.3 Å². The van der Waals surface area contributed by atoms with E-state index in [0.29, 0.717) is 24.2 Å². The lowest BCUT2D eigenvalue weighted by atomic mass is 9.92. The Bertz CT molecular complexity index is 1870. The molecule has 0 spiro atoms. The molecule has 10 heteroatoms. The van der Waals surface area contributed by atoms with Gasteiger partial charge in [0.25, 0.3) is 0 Å². The van der Waals surface area contributed by atoms with Gasteiger partial charge >= 0.3 is 0 Å². The quantitative estimate of drug-likeness (QED) is 0.117. The number of ketones is 1. The Kier molecular flexibility index (Phi) is 13.3. The zero-order valence-electron chi connectivity index (χ0n) is 28.7. The number of nitriles is 1. The Morgan fingerprint density at radius 2 is 1.14 bits per heavy atom. The molecule has 4 aromatic rings. The molecule has 0 saturated heterocycles. The van der Waals surface area contributed by atoms with Crippen molar-refractivity contribution in [3.63, 3.8) is 0 Å². The SMILES string of the molecule is C[Si](C)(C)N=C=N[Si](C)(C)C.N#C/C=C1\CC(c2ccccc2)Oc2ccc(Br)cc21.O=C1CC(c2ccccc2)Oc2ccc(Br)cc21. The minimum absolute atomic E-state index is 0.0375. The highest BCUT2D eigenvalue weighted by atomic mass is 79.9. The number of halogens is 2. The van der Waals surface area contributed by atoms with Crippen LogP contribution in [0.3, 0.4) is 0 Å². The predicted molar refractivity (Wildman–Crippen MR) is 212 cm³/mol. The molecular formula is C39H41Br2N3O3Si2. The molecule has 6 nitrogen and oxygen atoms in total. The van der Waals surface area contributed by atoms with Crippen LogP contribution in [0, 0.1) is 11.3 Å². The molecule has 0 amide bonds. The lowest BCUT2D eigenvalue weighted by molar-refractivity contribution is 0.0850. The van der Waals surface area contributed by atoms with Crippen molar-refractivity contribution in [3.05, 3.63) is 134 Å². The van der Waals surface area contributed by atoms with Gasteiger partial charge in [-0.1, -0.05) is 92.5 Å². The first-order chi connectivity index (χ1) is 23.2. The molecule has 0 saturated carbocycles. The number of hydrogen-bond donors (Lipinski definition) is 0. The maximum atomic E-state index is 12.1. The van der Waals surface area contributed by atoms with Gasteiger partial charge in [-0.15, -0.1) is 0 Å². The number of carbonyl (C=O) groups is 1. The third-order valence-corrected chi connectivity index (χ3v) is 9.72. The summed E-state index contributed by atoms with van der Waals surface area (Å²) in [5.41, 5.74) is 4.85. The predicted octanol–water partition coefficient (Wildman–Crippen LogP) is 11.9. The molecule has 0 bridgehead atoms. The molecule has 4 aromatic carbocycles. The van der Waals surface area contributed by atoms with E-state index in [2.05, 4.69) is 105 Å². The van der Waals surface area contributed by atoms with Crippen molar-refractivity contribution in [2.24, 2.45) is 9.32 Å². The standard InChI is InChI=1S/C17H12BrNO.C15H11BrO2.C7H18N2Si2/c18-14-6-7-16-15(11-14)13(8-9-19)10-17(20-16)12-4-2-1-3-5-12;16-11-6-7-14-12(8-11)13(17)9-15(18-14)10-4-2-1-3-5-10;1-10(2,3)8-7-9-11(4,5)6/h1-8,11,17H,10H2;1-8,15H,9H2;1-6H3/b13-8+;;.